The van der Waals surface area contributed by atoms with Gasteiger partial charge < -0.3 is 10.4 Å². The monoisotopic (exact) mass is 201 g/mol. The van der Waals surface area contributed by atoms with Crippen LogP contribution < -0.4 is 5.32 Å². The van der Waals surface area contributed by atoms with Gasteiger partial charge in [-0.2, -0.15) is 0 Å². The maximum absolute atomic E-state index is 8.76. The Balaban J connectivity index is 3.65. The quantitative estimate of drug-likeness (QED) is 0.692. The van der Waals surface area contributed by atoms with Crippen molar-refractivity contribution >= 4 is 0 Å². The molecule has 0 aromatic carbocycles. The molecule has 0 saturated heterocycles. The zero-order chi connectivity index (χ0) is 11.2. The molecule has 0 saturated carbocycles. The molecule has 0 rings (SSSR count). The van der Waals surface area contributed by atoms with Gasteiger partial charge >= 0.3 is 0 Å². The van der Waals surface area contributed by atoms with Crippen molar-refractivity contribution in [3.63, 3.8) is 0 Å². The van der Waals surface area contributed by atoms with Crippen molar-refractivity contribution < 1.29 is 5.11 Å². The summed E-state index contributed by atoms with van der Waals surface area (Å²) in [6.45, 7) is 13.6. The van der Waals surface area contributed by atoms with Crippen molar-refractivity contribution in [2.45, 2.75) is 47.5 Å². The second kappa shape index (κ2) is 5.72. The standard InChI is InChI=1S/C12H27NO/c1-11(2,3)9-13-10-12(4,5)7-6-8-14/h13-14H,6-10H2,1-5H3. The molecule has 0 bridgehead atoms. The first-order valence-corrected chi connectivity index (χ1v) is 5.58. The molecule has 2 nitrogen and oxygen atoms in total. The Morgan fingerprint density at radius 3 is 2.00 bits per heavy atom. The Kier molecular flexibility index (Phi) is 5.68. The first kappa shape index (κ1) is 13.9. The van der Waals surface area contributed by atoms with Crippen LogP contribution >= 0.6 is 0 Å². The van der Waals surface area contributed by atoms with Crippen LogP contribution in [0.4, 0.5) is 0 Å². The molecule has 0 amide bonds. The lowest BCUT2D eigenvalue weighted by atomic mass is 9.87. The molecule has 0 aliphatic carbocycles. The number of rotatable bonds is 6. The highest BCUT2D eigenvalue weighted by Gasteiger charge is 2.18. The van der Waals surface area contributed by atoms with E-state index in [2.05, 4.69) is 39.9 Å². The van der Waals surface area contributed by atoms with Crippen LogP contribution in [-0.4, -0.2) is 24.8 Å². The Morgan fingerprint density at radius 2 is 1.57 bits per heavy atom. The normalized spacial score (nSPS) is 13.3. The van der Waals surface area contributed by atoms with E-state index in [0.717, 1.165) is 25.9 Å². The molecule has 0 atom stereocenters. The van der Waals surface area contributed by atoms with E-state index in [1.54, 1.807) is 0 Å². The van der Waals surface area contributed by atoms with E-state index < -0.39 is 0 Å². The van der Waals surface area contributed by atoms with E-state index in [-0.39, 0.29) is 0 Å². The number of hydrogen-bond donors (Lipinski definition) is 2. The smallest absolute Gasteiger partial charge is 0.0431 e. The summed E-state index contributed by atoms with van der Waals surface area (Å²) >= 11 is 0. The van der Waals surface area contributed by atoms with E-state index in [1.165, 1.54) is 0 Å². The average Bonchev–Trinajstić information content (AvgIpc) is 1.98. The molecule has 0 aromatic rings. The molecular formula is C12H27NO. The summed E-state index contributed by atoms with van der Waals surface area (Å²) in [5.41, 5.74) is 0.654. The SMILES string of the molecule is CC(C)(C)CNCC(C)(C)CCCO. The van der Waals surface area contributed by atoms with Crippen molar-refractivity contribution in [2.24, 2.45) is 10.8 Å². The van der Waals surface area contributed by atoms with Crippen molar-refractivity contribution in [2.75, 3.05) is 19.7 Å². The van der Waals surface area contributed by atoms with Gasteiger partial charge in [0.05, 0.1) is 0 Å². The van der Waals surface area contributed by atoms with Crippen molar-refractivity contribution in [3.8, 4) is 0 Å². The third-order valence-corrected chi connectivity index (χ3v) is 2.27. The molecule has 0 aliphatic heterocycles. The van der Waals surface area contributed by atoms with Gasteiger partial charge in [0.2, 0.25) is 0 Å². The number of aliphatic hydroxyl groups is 1. The Bertz CT molecular complexity index is 147. The molecule has 0 aromatic heterocycles. The summed E-state index contributed by atoms with van der Waals surface area (Å²) in [4.78, 5) is 0. The third kappa shape index (κ3) is 8.52. The maximum atomic E-state index is 8.76. The average molecular weight is 201 g/mol. The molecule has 0 unspecified atom stereocenters. The minimum Gasteiger partial charge on any atom is -0.396 e. The van der Waals surface area contributed by atoms with Gasteiger partial charge in [0, 0.05) is 19.7 Å². The minimum absolute atomic E-state index is 0.300. The van der Waals surface area contributed by atoms with Crippen LogP contribution in [0.15, 0.2) is 0 Å². The van der Waals surface area contributed by atoms with Gasteiger partial charge in [-0.3, -0.25) is 0 Å². The predicted molar refractivity (Wildman–Crippen MR) is 62.4 cm³/mol. The van der Waals surface area contributed by atoms with Crippen LogP contribution in [0.2, 0.25) is 0 Å². The maximum Gasteiger partial charge on any atom is 0.0431 e. The van der Waals surface area contributed by atoms with E-state index in [9.17, 15) is 0 Å². The molecule has 2 heteroatoms. The van der Waals surface area contributed by atoms with Gasteiger partial charge in [0.15, 0.2) is 0 Å². The summed E-state index contributed by atoms with van der Waals surface area (Å²) in [5.74, 6) is 0. The lowest BCUT2D eigenvalue weighted by Gasteiger charge is -2.27. The molecular weight excluding hydrogens is 174 g/mol. The molecule has 86 valence electrons. The zero-order valence-electron chi connectivity index (χ0n) is 10.5. The molecule has 14 heavy (non-hydrogen) atoms. The fraction of sp³-hybridized carbons (Fsp3) is 1.00. The van der Waals surface area contributed by atoms with Crippen LogP contribution in [-0.2, 0) is 0 Å². The van der Waals surface area contributed by atoms with E-state index in [0.29, 0.717) is 17.4 Å². The summed E-state index contributed by atoms with van der Waals surface area (Å²) in [5, 5.41) is 12.3. The predicted octanol–water partition coefficient (Wildman–Crippen LogP) is 2.42. The van der Waals surface area contributed by atoms with Crippen molar-refractivity contribution in [1.82, 2.24) is 5.32 Å². The first-order chi connectivity index (χ1) is 6.27. The van der Waals surface area contributed by atoms with Gasteiger partial charge in [-0.05, 0) is 23.7 Å². The lowest BCUT2D eigenvalue weighted by Crippen LogP contribution is -2.35. The highest BCUT2D eigenvalue weighted by atomic mass is 16.2. The summed E-state index contributed by atoms with van der Waals surface area (Å²) in [6.07, 6.45) is 1.99. The van der Waals surface area contributed by atoms with Crippen LogP contribution in [0.1, 0.15) is 47.5 Å². The Hall–Kier alpha value is -0.0800. The summed E-state index contributed by atoms with van der Waals surface area (Å²) in [7, 11) is 0. The third-order valence-electron chi connectivity index (χ3n) is 2.27. The van der Waals surface area contributed by atoms with Crippen molar-refractivity contribution in [3.05, 3.63) is 0 Å². The van der Waals surface area contributed by atoms with Crippen LogP contribution in [0.5, 0.6) is 0 Å². The molecule has 0 aliphatic rings. The second-order valence-electron chi connectivity index (χ2n) is 6.16. The fourth-order valence-electron chi connectivity index (χ4n) is 1.42. The molecule has 0 heterocycles. The lowest BCUT2D eigenvalue weighted by molar-refractivity contribution is 0.230. The highest BCUT2D eigenvalue weighted by molar-refractivity contribution is 4.73. The van der Waals surface area contributed by atoms with E-state index in [4.69, 9.17) is 5.11 Å². The van der Waals surface area contributed by atoms with E-state index >= 15 is 0 Å². The molecule has 2 N–H and O–H groups in total. The van der Waals surface area contributed by atoms with Gasteiger partial charge in [0.1, 0.15) is 0 Å². The van der Waals surface area contributed by atoms with Gasteiger partial charge in [0.25, 0.3) is 0 Å². The highest BCUT2D eigenvalue weighted by Crippen LogP contribution is 2.21. The molecule has 0 fully saturated rings. The number of hydrogen-bond acceptors (Lipinski definition) is 2. The fourth-order valence-corrected chi connectivity index (χ4v) is 1.42. The Labute approximate surface area is 89.1 Å². The van der Waals surface area contributed by atoms with E-state index in [1.807, 2.05) is 0 Å². The number of aliphatic hydroxyl groups excluding tert-OH is 1. The van der Waals surface area contributed by atoms with Crippen LogP contribution in [0, 0.1) is 10.8 Å². The molecule has 0 radical (unpaired) electrons. The number of nitrogens with one attached hydrogen (secondary N) is 1. The topological polar surface area (TPSA) is 32.3 Å². The van der Waals surface area contributed by atoms with Crippen LogP contribution in [0.3, 0.4) is 0 Å². The largest absolute Gasteiger partial charge is 0.396 e. The second-order valence-corrected chi connectivity index (χ2v) is 6.16. The molecule has 0 spiro atoms. The first-order valence-electron chi connectivity index (χ1n) is 5.58. The zero-order valence-corrected chi connectivity index (χ0v) is 10.5. The summed E-state index contributed by atoms with van der Waals surface area (Å²) < 4.78 is 0. The van der Waals surface area contributed by atoms with Gasteiger partial charge in [-0.25, -0.2) is 0 Å². The van der Waals surface area contributed by atoms with Crippen molar-refractivity contribution in [1.29, 1.82) is 0 Å². The van der Waals surface area contributed by atoms with Crippen LogP contribution in [0.25, 0.3) is 0 Å². The van der Waals surface area contributed by atoms with Gasteiger partial charge in [-0.1, -0.05) is 34.6 Å². The summed E-state index contributed by atoms with van der Waals surface area (Å²) in [6, 6.07) is 0. The van der Waals surface area contributed by atoms with Gasteiger partial charge in [-0.15, -0.1) is 0 Å². The minimum atomic E-state index is 0.300. The Morgan fingerprint density at radius 1 is 1.00 bits per heavy atom.